The molecule has 162 valence electrons. The molecule has 0 saturated carbocycles. The molecule has 1 aliphatic rings. The number of halogens is 1. The Hall–Kier alpha value is -3.65. The molecule has 0 unspecified atom stereocenters. The van der Waals surface area contributed by atoms with Crippen molar-refractivity contribution >= 4 is 11.4 Å². The maximum Gasteiger partial charge on any atom is 0.272 e. The molecule has 5 rings (SSSR count). The van der Waals surface area contributed by atoms with Gasteiger partial charge in [0.05, 0.1) is 11.6 Å². The molecule has 7 nitrogen and oxygen atoms in total. The fourth-order valence-electron chi connectivity index (χ4n) is 4.17. The smallest absolute Gasteiger partial charge is 0.272 e. The summed E-state index contributed by atoms with van der Waals surface area (Å²) in [6, 6.07) is 15.8. The first-order valence-corrected chi connectivity index (χ1v) is 10.5. The molecule has 4 heterocycles. The summed E-state index contributed by atoms with van der Waals surface area (Å²) in [5.41, 5.74) is 4.59. The van der Waals surface area contributed by atoms with E-state index >= 15 is 0 Å². The Morgan fingerprint density at radius 1 is 1.06 bits per heavy atom. The van der Waals surface area contributed by atoms with Crippen LogP contribution in [0, 0.1) is 12.7 Å². The normalized spacial score (nSPS) is 17.1. The van der Waals surface area contributed by atoms with Crippen LogP contribution in [-0.4, -0.2) is 62.2 Å². The van der Waals surface area contributed by atoms with Crippen LogP contribution in [0.3, 0.4) is 0 Å². The van der Waals surface area contributed by atoms with Crippen molar-refractivity contribution in [2.24, 2.45) is 0 Å². The predicted molar refractivity (Wildman–Crippen MR) is 119 cm³/mol. The molecule has 0 spiro atoms. The van der Waals surface area contributed by atoms with Gasteiger partial charge in [-0.25, -0.2) is 13.9 Å². The number of pyridine rings is 2. The van der Waals surface area contributed by atoms with Crippen LogP contribution >= 0.6 is 0 Å². The fraction of sp³-hybridized carbons (Fsp3) is 0.250. The van der Waals surface area contributed by atoms with Crippen molar-refractivity contribution in [3.63, 3.8) is 0 Å². The first-order valence-electron chi connectivity index (χ1n) is 10.5. The van der Waals surface area contributed by atoms with Gasteiger partial charge in [-0.05, 0) is 49.9 Å². The SMILES string of the molecule is Cc1cccc(C(=O)N2CCN(C)[C@H](c3nnn4cc(-c5cccc(F)c5)ccc34)C2)n1. The summed E-state index contributed by atoms with van der Waals surface area (Å²) in [5, 5.41) is 8.75. The summed E-state index contributed by atoms with van der Waals surface area (Å²) < 4.78 is 15.3. The van der Waals surface area contributed by atoms with Crippen molar-refractivity contribution in [3.8, 4) is 11.1 Å². The van der Waals surface area contributed by atoms with E-state index < -0.39 is 0 Å². The number of aromatic nitrogens is 4. The number of benzene rings is 1. The first kappa shape index (κ1) is 20.3. The van der Waals surface area contributed by atoms with Crippen molar-refractivity contribution in [1.82, 2.24) is 29.6 Å². The molecule has 0 radical (unpaired) electrons. The number of carbonyl (C=O) groups is 1. The van der Waals surface area contributed by atoms with Gasteiger partial charge in [-0.1, -0.05) is 29.5 Å². The standard InChI is InChI=1S/C24H23FN6O/c1-16-5-3-8-20(26-16)24(32)30-12-11-29(2)22(15-30)23-21-10-9-18(14-31(21)28-27-23)17-6-4-7-19(25)13-17/h3-10,13-14,22H,11-12,15H2,1-2H3/t22-/m0/s1. The van der Waals surface area contributed by atoms with Crippen LogP contribution in [0.4, 0.5) is 4.39 Å². The number of likely N-dealkylation sites (N-methyl/N-ethyl adjacent to an activating group) is 1. The van der Waals surface area contributed by atoms with E-state index in [0.717, 1.165) is 34.6 Å². The Morgan fingerprint density at radius 2 is 1.91 bits per heavy atom. The quantitative estimate of drug-likeness (QED) is 0.499. The highest BCUT2D eigenvalue weighted by molar-refractivity contribution is 5.92. The molecule has 1 atom stereocenters. The first-order chi connectivity index (χ1) is 15.5. The number of nitrogens with zero attached hydrogens (tertiary/aromatic N) is 6. The van der Waals surface area contributed by atoms with Crippen molar-refractivity contribution in [2.75, 3.05) is 26.7 Å². The van der Waals surface area contributed by atoms with Crippen LogP contribution in [0.15, 0.2) is 60.8 Å². The van der Waals surface area contributed by atoms with Gasteiger partial charge in [-0.2, -0.15) is 0 Å². The molecule has 0 bridgehead atoms. The number of aryl methyl sites for hydroxylation is 1. The lowest BCUT2D eigenvalue weighted by molar-refractivity contribution is 0.0536. The minimum absolute atomic E-state index is 0.0725. The Morgan fingerprint density at radius 3 is 2.72 bits per heavy atom. The van der Waals surface area contributed by atoms with Gasteiger partial charge < -0.3 is 4.90 Å². The van der Waals surface area contributed by atoms with E-state index in [-0.39, 0.29) is 17.8 Å². The average Bonchev–Trinajstić information content (AvgIpc) is 3.22. The van der Waals surface area contributed by atoms with Crippen LogP contribution in [0.2, 0.25) is 0 Å². The van der Waals surface area contributed by atoms with Crippen LogP contribution in [0.1, 0.15) is 27.9 Å². The highest BCUT2D eigenvalue weighted by Gasteiger charge is 2.32. The van der Waals surface area contributed by atoms with Gasteiger partial charge in [-0.3, -0.25) is 9.69 Å². The molecule has 4 aromatic rings. The highest BCUT2D eigenvalue weighted by atomic mass is 19.1. The summed E-state index contributed by atoms with van der Waals surface area (Å²) >= 11 is 0. The summed E-state index contributed by atoms with van der Waals surface area (Å²) in [7, 11) is 2.03. The Bertz CT molecular complexity index is 1300. The van der Waals surface area contributed by atoms with E-state index in [0.29, 0.717) is 18.8 Å². The molecular weight excluding hydrogens is 407 g/mol. The number of piperazine rings is 1. The lowest BCUT2D eigenvalue weighted by Crippen LogP contribution is -2.49. The maximum absolute atomic E-state index is 13.6. The van der Waals surface area contributed by atoms with Crippen molar-refractivity contribution in [1.29, 1.82) is 0 Å². The topological polar surface area (TPSA) is 66.6 Å². The van der Waals surface area contributed by atoms with Gasteiger partial charge in [0, 0.05) is 37.1 Å². The van der Waals surface area contributed by atoms with Gasteiger partial charge in [-0.15, -0.1) is 5.10 Å². The van der Waals surface area contributed by atoms with Crippen molar-refractivity contribution < 1.29 is 9.18 Å². The van der Waals surface area contributed by atoms with Crippen LogP contribution < -0.4 is 0 Å². The summed E-state index contributed by atoms with van der Waals surface area (Å²) in [4.78, 5) is 21.5. The second kappa shape index (κ2) is 8.12. The van der Waals surface area contributed by atoms with Crippen molar-refractivity contribution in [2.45, 2.75) is 13.0 Å². The molecule has 3 aromatic heterocycles. The molecule has 1 amide bonds. The minimum Gasteiger partial charge on any atom is -0.334 e. The predicted octanol–water partition coefficient (Wildman–Crippen LogP) is 3.37. The summed E-state index contributed by atoms with van der Waals surface area (Å²) in [6.07, 6.45) is 1.85. The zero-order chi connectivity index (χ0) is 22.2. The monoisotopic (exact) mass is 430 g/mol. The van der Waals surface area contributed by atoms with Crippen LogP contribution in [-0.2, 0) is 0 Å². The third kappa shape index (κ3) is 3.73. The number of fused-ring (bicyclic) bond motifs is 1. The zero-order valence-electron chi connectivity index (χ0n) is 17.9. The molecular formula is C24H23FN6O. The zero-order valence-corrected chi connectivity index (χ0v) is 17.9. The van der Waals surface area contributed by atoms with Gasteiger partial charge in [0.15, 0.2) is 0 Å². The van der Waals surface area contributed by atoms with E-state index in [9.17, 15) is 9.18 Å². The molecule has 8 heteroatoms. The molecule has 1 aliphatic heterocycles. The molecule has 1 aromatic carbocycles. The molecule has 32 heavy (non-hydrogen) atoms. The number of rotatable bonds is 3. The largest absolute Gasteiger partial charge is 0.334 e. The third-order valence-corrected chi connectivity index (χ3v) is 5.96. The maximum atomic E-state index is 13.6. The average molecular weight is 430 g/mol. The van der Waals surface area contributed by atoms with Gasteiger partial charge in [0.1, 0.15) is 17.2 Å². The van der Waals surface area contributed by atoms with Crippen LogP contribution in [0.5, 0.6) is 0 Å². The number of hydrogen-bond donors (Lipinski definition) is 0. The number of amides is 1. The second-order valence-corrected chi connectivity index (χ2v) is 8.14. The van der Waals surface area contributed by atoms with E-state index in [1.54, 1.807) is 16.6 Å². The van der Waals surface area contributed by atoms with Crippen molar-refractivity contribution in [3.05, 3.63) is 83.7 Å². The molecule has 0 aliphatic carbocycles. The number of carbonyl (C=O) groups excluding carboxylic acids is 1. The number of hydrogen-bond acceptors (Lipinski definition) is 5. The Labute approximate surface area is 185 Å². The lowest BCUT2D eigenvalue weighted by atomic mass is 10.1. The molecule has 1 saturated heterocycles. The minimum atomic E-state index is -0.279. The van der Waals surface area contributed by atoms with Gasteiger partial charge in [0.25, 0.3) is 5.91 Å². The van der Waals surface area contributed by atoms with Gasteiger partial charge in [0.2, 0.25) is 0 Å². The summed E-state index contributed by atoms with van der Waals surface area (Å²) in [6.45, 7) is 3.74. The Balaban J connectivity index is 1.44. The van der Waals surface area contributed by atoms with E-state index in [2.05, 4.69) is 20.2 Å². The van der Waals surface area contributed by atoms with E-state index in [1.807, 2.05) is 55.4 Å². The molecule has 1 fully saturated rings. The summed E-state index contributed by atoms with van der Waals surface area (Å²) in [5.74, 6) is -0.352. The van der Waals surface area contributed by atoms with Crippen LogP contribution in [0.25, 0.3) is 16.6 Å². The lowest BCUT2D eigenvalue weighted by Gasteiger charge is -2.38. The third-order valence-electron chi connectivity index (χ3n) is 5.96. The van der Waals surface area contributed by atoms with Gasteiger partial charge >= 0.3 is 0 Å². The second-order valence-electron chi connectivity index (χ2n) is 8.14. The van der Waals surface area contributed by atoms with E-state index in [1.165, 1.54) is 12.1 Å². The molecule has 0 N–H and O–H groups in total. The Kier molecular flexibility index (Phi) is 5.14. The fourth-order valence-corrected chi connectivity index (χ4v) is 4.17. The highest BCUT2D eigenvalue weighted by Crippen LogP contribution is 2.28. The van der Waals surface area contributed by atoms with E-state index in [4.69, 9.17) is 0 Å².